The molecular weight excluding hydrogens is 124 g/mol. The molecule has 0 heterocycles. The average molecular weight is 134 g/mol. The number of nitrogens with one attached hydrogen (secondary N) is 1. The van der Waals surface area contributed by atoms with E-state index in [2.05, 4.69) is 5.11 Å². The first-order valence-electron chi connectivity index (χ1n) is 3.30. The van der Waals surface area contributed by atoms with E-state index in [1.54, 1.807) is 0 Å². The molecule has 0 aliphatic heterocycles. The zero-order valence-corrected chi connectivity index (χ0v) is 5.75. The summed E-state index contributed by atoms with van der Waals surface area (Å²) < 4.78 is 0. The Labute approximate surface area is 60.4 Å². The fraction of sp³-hybridized carbons (Fsp3) is 0.250. The quantitative estimate of drug-likeness (QED) is 0.615. The van der Waals surface area contributed by atoms with Crippen LogP contribution in [0.25, 0.3) is 0 Å². The molecule has 0 saturated carbocycles. The van der Waals surface area contributed by atoms with Crippen molar-refractivity contribution in [3.63, 3.8) is 0 Å². The van der Waals surface area contributed by atoms with Gasteiger partial charge in [0.05, 0.1) is 6.54 Å². The number of hydrogen-bond donors (Lipinski definition) is 1. The molecule has 2 heteroatoms. The molecule has 0 unspecified atom stereocenters. The second kappa shape index (κ2) is 3.77. The van der Waals surface area contributed by atoms with Crippen molar-refractivity contribution in [2.45, 2.75) is 6.42 Å². The normalized spacial score (nSPS) is 9.20. The van der Waals surface area contributed by atoms with Gasteiger partial charge in [-0.1, -0.05) is 30.3 Å². The summed E-state index contributed by atoms with van der Waals surface area (Å²) in [5.41, 5.74) is 7.83. The van der Waals surface area contributed by atoms with Gasteiger partial charge in [0, 0.05) is 0 Å². The van der Waals surface area contributed by atoms with Crippen LogP contribution in [-0.4, -0.2) is 6.54 Å². The second-order valence-corrected chi connectivity index (χ2v) is 2.12. The third-order valence-corrected chi connectivity index (χ3v) is 1.36. The van der Waals surface area contributed by atoms with Crippen LogP contribution in [0.15, 0.2) is 35.4 Å². The van der Waals surface area contributed by atoms with Crippen molar-refractivity contribution >= 4 is 0 Å². The summed E-state index contributed by atoms with van der Waals surface area (Å²) in [7, 11) is 0. The van der Waals surface area contributed by atoms with E-state index in [1.807, 2.05) is 30.3 Å². The molecule has 1 aromatic carbocycles. The van der Waals surface area contributed by atoms with E-state index in [4.69, 9.17) is 5.53 Å². The zero-order chi connectivity index (χ0) is 7.23. The summed E-state index contributed by atoms with van der Waals surface area (Å²) in [5.74, 6) is 0. The van der Waals surface area contributed by atoms with E-state index in [0.717, 1.165) is 6.42 Å². The number of nitrogens with zero attached hydrogens (tertiary/aromatic N) is 1. The molecule has 0 fully saturated rings. The SMILES string of the molecule is N=NCCc1ccccc1. The van der Waals surface area contributed by atoms with Crippen LogP contribution in [0.2, 0.25) is 0 Å². The fourth-order valence-electron chi connectivity index (χ4n) is 0.830. The third kappa shape index (κ3) is 1.97. The Balaban J connectivity index is 2.50. The van der Waals surface area contributed by atoms with Gasteiger partial charge in [-0.05, 0) is 12.0 Å². The summed E-state index contributed by atoms with van der Waals surface area (Å²) in [6.07, 6.45) is 0.879. The Hall–Kier alpha value is -1.18. The van der Waals surface area contributed by atoms with Crippen LogP contribution in [0.1, 0.15) is 5.56 Å². The Morgan fingerprint density at radius 3 is 2.50 bits per heavy atom. The molecule has 52 valence electrons. The monoisotopic (exact) mass is 134 g/mol. The van der Waals surface area contributed by atoms with E-state index in [0.29, 0.717) is 6.54 Å². The summed E-state index contributed by atoms with van der Waals surface area (Å²) in [5, 5.41) is 3.28. The van der Waals surface area contributed by atoms with Crippen molar-refractivity contribution in [3.8, 4) is 0 Å². The standard InChI is InChI=1S/C8H10N2/c9-10-7-6-8-4-2-1-3-5-8/h1-5,9H,6-7H2. The van der Waals surface area contributed by atoms with Crippen LogP contribution in [0.4, 0.5) is 0 Å². The van der Waals surface area contributed by atoms with Crippen molar-refractivity contribution in [1.82, 2.24) is 0 Å². The van der Waals surface area contributed by atoms with Gasteiger partial charge in [0.25, 0.3) is 0 Å². The second-order valence-electron chi connectivity index (χ2n) is 2.12. The van der Waals surface area contributed by atoms with E-state index in [9.17, 15) is 0 Å². The first-order chi connectivity index (χ1) is 4.93. The number of hydrogen-bond acceptors (Lipinski definition) is 2. The highest BCUT2D eigenvalue weighted by Crippen LogP contribution is 1.98. The zero-order valence-electron chi connectivity index (χ0n) is 5.75. The molecule has 1 N–H and O–H groups in total. The lowest BCUT2D eigenvalue weighted by atomic mass is 10.2. The van der Waals surface area contributed by atoms with Crippen LogP contribution >= 0.6 is 0 Å². The van der Waals surface area contributed by atoms with Crippen molar-refractivity contribution < 1.29 is 0 Å². The molecule has 0 aromatic heterocycles. The smallest absolute Gasteiger partial charge is 0.0636 e. The highest BCUT2D eigenvalue weighted by Gasteiger charge is 1.87. The van der Waals surface area contributed by atoms with E-state index in [-0.39, 0.29) is 0 Å². The van der Waals surface area contributed by atoms with Gasteiger partial charge in [0.2, 0.25) is 0 Å². The minimum absolute atomic E-state index is 0.601. The topological polar surface area (TPSA) is 36.2 Å². The fourth-order valence-corrected chi connectivity index (χ4v) is 0.830. The number of rotatable bonds is 3. The van der Waals surface area contributed by atoms with Crippen LogP contribution in [-0.2, 0) is 6.42 Å². The maximum atomic E-state index is 6.58. The molecule has 0 aliphatic carbocycles. The van der Waals surface area contributed by atoms with Crippen molar-refractivity contribution in [3.05, 3.63) is 35.9 Å². The van der Waals surface area contributed by atoms with Gasteiger partial charge in [-0.15, -0.1) is 0 Å². The van der Waals surface area contributed by atoms with Crippen molar-refractivity contribution in [2.24, 2.45) is 5.11 Å². The lowest BCUT2D eigenvalue weighted by Gasteiger charge is -1.93. The Bertz CT molecular complexity index is 194. The molecule has 0 spiro atoms. The lowest BCUT2D eigenvalue weighted by molar-refractivity contribution is 0.867. The first-order valence-corrected chi connectivity index (χ1v) is 3.30. The molecule has 0 atom stereocenters. The molecule has 0 saturated heterocycles. The molecule has 0 radical (unpaired) electrons. The maximum Gasteiger partial charge on any atom is 0.0636 e. The van der Waals surface area contributed by atoms with E-state index >= 15 is 0 Å². The Morgan fingerprint density at radius 2 is 1.90 bits per heavy atom. The average Bonchev–Trinajstić information content (AvgIpc) is 2.03. The predicted octanol–water partition coefficient (Wildman–Crippen LogP) is 2.26. The van der Waals surface area contributed by atoms with E-state index < -0.39 is 0 Å². The van der Waals surface area contributed by atoms with Crippen LogP contribution in [0.3, 0.4) is 0 Å². The largest absolute Gasteiger partial charge is 0.210 e. The van der Waals surface area contributed by atoms with Crippen molar-refractivity contribution in [1.29, 1.82) is 5.53 Å². The number of benzene rings is 1. The van der Waals surface area contributed by atoms with Gasteiger partial charge in [0.1, 0.15) is 0 Å². The summed E-state index contributed by atoms with van der Waals surface area (Å²) in [6.45, 7) is 0.601. The Kier molecular flexibility index (Phi) is 2.62. The van der Waals surface area contributed by atoms with Gasteiger partial charge in [-0.2, -0.15) is 5.11 Å². The van der Waals surface area contributed by atoms with Gasteiger partial charge in [-0.25, -0.2) is 5.53 Å². The maximum absolute atomic E-state index is 6.58. The van der Waals surface area contributed by atoms with Gasteiger partial charge in [0.15, 0.2) is 0 Å². The summed E-state index contributed by atoms with van der Waals surface area (Å²) >= 11 is 0. The Morgan fingerprint density at radius 1 is 1.20 bits per heavy atom. The molecule has 1 aromatic rings. The molecule has 0 bridgehead atoms. The summed E-state index contributed by atoms with van der Waals surface area (Å²) in [6, 6.07) is 10.1. The lowest BCUT2D eigenvalue weighted by Crippen LogP contribution is -1.86. The predicted molar refractivity (Wildman–Crippen MR) is 40.2 cm³/mol. The molecule has 1 rings (SSSR count). The van der Waals surface area contributed by atoms with Crippen LogP contribution in [0, 0.1) is 5.53 Å². The van der Waals surface area contributed by atoms with Crippen molar-refractivity contribution in [2.75, 3.05) is 6.54 Å². The molecule has 2 nitrogen and oxygen atoms in total. The van der Waals surface area contributed by atoms with Gasteiger partial charge < -0.3 is 0 Å². The molecule has 0 aliphatic rings. The minimum Gasteiger partial charge on any atom is -0.210 e. The van der Waals surface area contributed by atoms with Crippen LogP contribution < -0.4 is 0 Å². The summed E-state index contributed by atoms with van der Waals surface area (Å²) in [4.78, 5) is 0. The first kappa shape index (κ1) is 6.93. The minimum atomic E-state index is 0.601. The molecule has 0 amide bonds. The highest BCUT2D eigenvalue weighted by atomic mass is 14.9. The third-order valence-electron chi connectivity index (χ3n) is 1.36. The highest BCUT2D eigenvalue weighted by molar-refractivity contribution is 5.14. The molecular formula is C8H10N2. The van der Waals surface area contributed by atoms with Gasteiger partial charge >= 0.3 is 0 Å². The van der Waals surface area contributed by atoms with Gasteiger partial charge in [-0.3, -0.25) is 0 Å². The molecule has 10 heavy (non-hydrogen) atoms. The van der Waals surface area contributed by atoms with E-state index in [1.165, 1.54) is 5.56 Å². The van der Waals surface area contributed by atoms with Crippen LogP contribution in [0.5, 0.6) is 0 Å².